The molecule has 0 aromatic rings. The molecule has 4 aliphatic heterocycles. The molecule has 0 unspecified atom stereocenters. The maximum absolute atomic E-state index is 12.9. The van der Waals surface area contributed by atoms with Gasteiger partial charge in [0.1, 0.15) is 12.2 Å². The third-order valence-electron chi connectivity index (χ3n) is 30.6. The highest BCUT2D eigenvalue weighted by molar-refractivity contribution is 5.69. The van der Waals surface area contributed by atoms with Gasteiger partial charge in [-0.15, -0.1) is 0 Å². The van der Waals surface area contributed by atoms with Gasteiger partial charge >= 0.3 is 12.2 Å². The highest BCUT2D eigenvalue weighted by Gasteiger charge is 2.87. The summed E-state index contributed by atoms with van der Waals surface area (Å²) in [5.74, 6) is 4.13. The average molecular weight is 1130 g/mol. The van der Waals surface area contributed by atoms with Crippen LogP contribution in [0, 0.1) is 113 Å². The Kier molecular flexibility index (Phi) is 13.6. The molecule has 12 nitrogen and oxygen atoms in total. The van der Waals surface area contributed by atoms with Gasteiger partial charge in [0, 0.05) is 44.1 Å². The van der Waals surface area contributed by atoms with E-state index in [9.17, 15) is 24.9 Å². The summed E-state index contributed by atoms with van der Waals surface area (Å²) in [7, 11) is 1.91. The van der Waals surface area contributed by atoms with Crippen LogP contribution >= 0.6 is 0 Å². The van der Waals surface area contributed by atoms with Crippen LogP contribution < -0.4 is 0 Å². The molecule has 0 bridgehead atoms. The SMILES string of the molecule is CC(C)[C@@H](OC(=O)N1CCC1)[C@H]1C[C@@H](C)[C@H]2[C@H](O1)[C@H](O)[C@@]1(C)[C@@H]3CC[C@H]4C(C)(C)[C@@H](O)CC[C@@]45C[C@@]35CC[C@]21C.CO[C@H]1CC[C@]23C[C@]24CC[C@]2(C)[C@@H]5[C@H](O[C@@H]([C@H](OC(=O)N6CCC6)C(C)C)C[C@H]5C)[C@H](O)[C@@]2(C)[C@@H]4CC[C@H]3C1(C)C. The smallest absolute Gasteiger partial charge is 0.410 e. The van der Waals surface area contributed by atoms with E-state index in [1.165, 1.54) is 64.2 Å². The highest BCUT2D eigenvalue weighted by atomic mass is 16.6. The quantitative estimate of drug-likeness (QED) is 0.225. The number of methoxy groups -OCH3 is 1. The number of carbonyl (C=O) groups is 2. The zero-order valence-corrected chi connectivity index (χ0v) is 53.2. The Morgan fingerprint density at radius 2 is 0.901 bits per heavy atom. The van der Waals surface area contributed by atoms with Crippen LogP contribution in [-0.2, 0) is 23.7 Å². The van der Waals surface area contributed by atoms with Gasteiger partial charge in [0.05, 0.1) is 48.8 Å². The Labute approximate surface area is 488 Å². The number of hydrogen-bond donors (Lipinski definition) is 3. The van der Waals surface area contributed by atoms with E-state index in [0.717, 1.165) is 77.5 Å². The van der Waals surface area contributed by atoms with Gasteiger partial charge in [0.15, 0.2) is 0 Å². The summed E-state index contributed by atoms with van der Waals surface area (Å²) >= 11 is 0. The van der Waals surface area contributed by atoms with Crippen LogP contribution in [0.1, 0.15) is 213 Å². The van der Waals surface area contributed by atoms with Gasteiger partial charge in [-0.05, 0) is 218 Å². The number of aliphatic hydroxyl groups excluding tert-OH is 3. The van der Waals surface area contributed by atoms with E-state index in [1.54, 1.807) is 9.80 Å². The van der Waals surface area contributed by atoms with Crippen molar-refractivity contribution >= 4 is 12.2 Å². The van der Waals surface area contributed by atoms with Gasteiger partial charge in [-0.2, -0.15) is 0 Å². The van der Waals surface area contributed by atoms with Gasteiger partial charge in [0.25, 0.3) is 0 Å². The second-order valence-electron chi connectivity index (χ2n) is 34.2. The van der Waals surface area contributed by atoms with Gasteiger partial charge in [-0.3, -0.25) is 0 Å². The van der Waals surface area contributed by atoms with Crippen LogP contribution in [0.4, 0.5) is 9.59 Å². The molecule has 0 aromatic heterocycles. The van der Waals surface area contributed by atoms with Crippen molar-refractivity contribution in [3.05, 3.63) is 0 Å². The molecule has 4 saturated heterocycles. The lowest BCUT2D eigenvalue weighted by molar-refractivity contribution is -0.187. The Balaban J connectivity index is 0.000000153. The lowest BCUT2D eigenvalue weighted by Crippen LogP contribution is -2.60. The summed E-state index contributed by atoms with van der Waals surface area (Å²) in [4.78, 5) is 29.3. The molecule has 10 aliphatic carbocycles. The molecule has 0 aromatic carbocycles. The standard InChI is InChI=1S/C35H57NO5.C34H55NO5/c1-20(2)27(41-30(38)36-16-9-17-36)22-18-21(3)26-28(40-22)29(37)33(7)24-11-10-23-31(4,5)25(39-8)12-13-34(23)19-35(24,34)15-14-32(26,33)6;1-19(2)26(40-29(38)35-15-8-16-35)21-17-20(3)25-27(39-21)28(37)32(7)23-10-9-22-30(4,5)24(36)11-12-33(22)18-34(23,33)14-13-31(25,32)6/h20-29,37H,9-19H2,1-8H3;19-28,36-37H,8-18H2,1-7H3/t21-,22-,23+,24+,25+,26+,27-,28+,29+,32-,33-,34-,35+;20-,21-,22+,23+,24+,25+,26-,27+,28+,31-,32-,33-,34+/m11/s1. The van der Waals surface area contributed by atoms with Crippen LogP contribution in [0.15, 0.2) is 0 Å². The zero-order valence-electron chi connectivity index (χ0n) is 53.2. The largest absolute Gasteiger partial charge is 0.443 e. The molecule has 10 saturated carbocycles. The number of amides is 2. The first-order valence-electron chi connectivity index (χ1n) is 33.8. The van der Waals surface area contributed by atoms with E-state index < -0.39 is 12.2 Å². The molecular formula is C69H112N2O10. The molecular weight excluding hydrogens is 1020 g/mol. The number of rotatable bonds is 7. The molecule has 14 fully saturated rings. The summed E-state index contributed by atoms with van der Waals surface area (Å²) in [6.07, 6.45) is 18.2. The number of nitrogens with zero attached hydrogens (tertiary/aromatic N) is 2. The number of carbonyl (C=O) groups excluding carboxylic acids is 2. The number of fused-ring (bicyclic) bond motifs is 8. The number of likely N-dealkylation sites (tertiary alicyclic amines) is 2. The average Bonchev–Trinajstić information content (AvgIpc) is 1.75. The van der Waals surface area contributed by atoms with E-state index in [-0.39, 0.29) is 99.2 Å². The molecule has 4 spiro atoms. The summed E-state index contributed by atoms with van der Waals surface area (Å²) in [5.41, 5.74) is 1.34. The minimum atomic E-state index is -0.509. The van der Waals surface area contributed by atoms with Crippen LogP contribution in [0.25, 0.3) is 0 Å². The normalized spacial score (nSPS) is 54.2. The summed E-state index contributed by atoms with van der Waals surface area (Å²) in [6, 6.07) is 0. The second-order valence-corrected chi connectivity index (χ2v) is 34.2. The van der Waals surface area contributed by atoms with Crippen molar-refractivity contribution < 1.29 is 48.6 Å². The zero-order chi connectivity index (χ0) is 57.9. The molecule has 458 valence electrons. The molecule has 14 aliphatic rings. The first-order chi connectivity index (χ1) is 38.0. The lowest BCUT2D eigenvalue weighted by atomic mass is 9.41. The van der Waals surface area contributed by atoms with Crippen molar-refractivity contribution in [2.24, 2.45) is 113 Å². The Morgan fingerprint density at radius 1 is 0.519 bits per heavy atom. The minimum absolute atomic E-state index is 0.0269. The Morgan fingerprint density at radius 3 is 1.28 bits per heavy atom. The Bertz CT molecular complexity index is 2460. The number of ether oxygens (including phenoxy) is 5. The molecule has 3 N–H and O–H groups in total. The van der Waals surface area contributed by atoms with E-state index in [2.05, 4.69) is 96.9 Å². The van der Waals surface area contributed by atoms with Crippen LogP contribution in [-0.4, -0.2) is 132 Å². The third-order valence-corrected chi connectivity index (χ3v) is 30.6. The molecule has 14 rings (SSSR count). The third kappa shape index (κ3) is 7.39. The van der Waals surface area contributed by atoms with Crippen molar-refractivity contribution in [2.45, 2.75) is 274 Å². The van der Waals surface area contributed by atoms with E-state index in [0.29, 0.717) is 75.1 Å². The summed E-state index contributed by atoms with van der Waals surface area (Å²) in [5, 5.41) is 35.9. The predicted octanol–water partition coefficient (Wildman–Crippen LogP) is 12.7. The predicted molar refractivity (Wildman–Crippen MR) is 312 cm³/mol. The van der Waals surface area contributed by atoms with E-state index in [1.807, 2.05) is 7.11 Å². The first kappa shape index (κ1) is 58.3. The summed E-state index contributed by atoms with van der Waals surface area (Å²) in [6.45, 7) is 35.9. The van der Waals surface area contributed by atoms with E-state index >= 15 is 0 Å². The van der Waals surface area contributed by atoms with E-state index in [4.69, 9.17) is 23.7 Å². The van der Waals surface area contributed by atoms with Crippen LogP contribution in [0.5, 0.6) is 0 Å². The maximum Gasteiger partial charge on any atom is 0.410 e. The molecule has 12 heteroatoms. The highest BCUT2D eigenvalue weighted by Crippen LogP contribution is 2.91. The molecule has 2 amide bonds. The molecule has 0 radical (unpaired) electrons. The maximum atomic E-state index is 12.9. The topological polar surface area (TPSA) is 147 Å². The number of aliphatic hydroxyl groups is 3. The van der Waals surface area contributed by atoms with Crippen molar-refractivity contribution in [3.8, 4) is 0 Å². The van der Waals surface area contributed by atoms with Gasteiger partial charge in [-0.25, -0.2) is 9.59 Å². The van der Waals surface area contributed by atoms with Gasteiger partial charge < -0.3 is 48.8 Å². The van der Waals surface area contributed by atoms with Crippen molar-refractivity contribution in [2.75, 3.05) is 33.3 Å². The fourth-order valence-electron chi connectivity index (χ4n) is 26.1. The number of hydrogen-bond acceptors (Lipinski definition) is 10. The van der Waals surface area contributed by atoms with Crippen LogP contribution in [0.2, 0.25) is 0 Å². The Hall–Kier alpha value is -1.70. The van der Waals surface area contributed by atoms with Crippen LogP contribution in [0.3, 0.4) is 0 Å². The van der Waals surface area contributed by atoms with Crippen molar-refractivity contribution in [1.29, 1.82) is 0 Å². The minimum Gasteiger partial charge on any atom is -0.443 e. The van der Waals surface area contributed by atoms with Gasteiger partial charge in [-0.1, -0.05) is 96.9 Å². The monoisotopic (exact) mass is 1130 g/mol. The van der Waals surface area contributed by atoms with Gasteiger partial charge in [0.2, 0.25) is 0 Å². The first-order valence-corrected chi connectivity index (χ1v) is 33.8. The second kappa shape index (κ2) is 18.9. The molecule has 4 heterocycles. The van der Waals surface area contributed by atoms with Crippen molar-refractivity contribution in [3.63, 3.8) is 0 Å². The lowest BCUT2D eigenvalue weighted by Gasteiger charge is -2.63. The fourth-order valence-corrected chi connectivity index (χ4v) is 26.1. The fraction of sp³-hybridized carbons (Fsp3) is 0.971. The van der Waals surface area contributed by atoms with Crippen molar-refractivity contribution in [1.82, 2.24) is 9.80 Å². The molecule has 26 atom stereocenters. The molecule has 81 heavy (non-hydrogen) atoms. The summed E-state index contributed by atoms with van der Waals surface area (Å²) < 4.78 is 32.3.